The van der Waals surface area contributed by atoms with Gasteiger partial charge in [-0.1, -0.05) is 78.3 Å². The minimum Gasteiger partial charge on any atom is -0.465 e. The van der Waals surface area contributed by atoms with Crippen molar-refractivity contribution in [2.45, 2.75) is 69.7 Å². The van der Waals surface area contributed by atoms with Crippen LogP contribution in [-0.2, 0) is 13.1 Å². The zero-order valence-electron chi connectivity index (χ0n) is 31.7. The smallest absolute Gasteiger partial charge is 0.407 e. The first-order chi connectivity index (χ1) is 27.6. The molecule has 0 bridgehead atoms. The van der Waals surface area contributed by atoms with E-state index in [9.17, 15) is 24.3 Å². The fourth-order valence-electron chi connectivity index (χ4n) is 8.48. The first kappa shape index (κ1) is 39.4. The topological polar surface area (TPSA) is 160 Å². The second-order valence-electron chi connectivity index (χ2n) is 14.9. The zero-order valence-corrected chi connectivity index (χ0v) is 32.4. The largest absolute Gasteiger partial charge is 0.465 e. The third kappa shape index (κ3) is 9.44. The van der Waals surface area contributed by atoms with Crippen LogP contribution in [0, 0.1) is 0 Å². The van der Waals surface area contributed by atoms with Gasteiger partial charge in [0.05, 0.1) is 22.1 Å². The van der Waals surface area contributed by atoms with Crippen LogP contribution in [0.5, 0.6) is 0 Å². The van der Waals surface area contributed by atoms with Crippen molar-refractivity contribution in [1.82, 2.24) is 33.8 Å². The highest BCUT2D eigenvalue weighted by molar-refractivity contribution is 6.30. The van der Waals surface area contributed by atoms with Gasteiger partial charge >= 0.3 is 23.6 Å². The second-order valence-corrected chi connectivity index (χ2v) is 15.3. The Kier molecular flexibility index (Phi) is 12.4. The van der Waals surface area contributed by atoms with Gasteiger partial charge in [-0.05, 0) is 92.6 Å². The standard InChI is InChI=1S/C30H33ClN4O3.C13H15N3O3/c31-24-11-6-10-23(18-24)21-33(20-22-8-2-1-3-9-22)16-7-12-25-19-26(15-17-34(25)30(37)38)35-28-14-5-4-13-27(28)32-29(35)36;17-12-14-10-3-1-2-4-11(10)16(12)9-5-7-15(8-6-9)13(18)19/h1-6,8-11,13-14,18,25-26H,7,12,15-17,19-21H2,(H,32,36)(H,37,38);1-4,9H,5-8H2,(H,14,17)(H,18,19)/t25-,26?;/m0./s1. The highest BCUT2D eigenvalue weighted by Crippen LogP contribution is 2.31. The number of aromatic nitrogens is 4. The maximum atomic E-state index is 12.8. The summed E-state index contributed by atoms with van der Waals surface area (Å²) in [5, 5.41) is 19.6. The highest BCUT2D eigenvalue weighted by atomic mass is 35.5. The van der Waals surface area contributed by atoms with Gasteiger partial charge < -0.3 is 30.0 Å². The van der Waals surface area contributed by atoms with Crippen molar-refractivity contribution in [3.8, 4) is 0 Å². The molecular formula is C43H48ClN7O6. The lowest BCUT2D eigenvalue weighted by Gasteiger charge is -2.38. The summed E-state index contributed by atoms with van der Waals surface area (Å²) in [6.07, 6.45) is 2.41. The van der Waals surface area contributed by atoms with E-state index in [4.69, 9.17) is 16.7 Å². The summed E-state index contributed by atoms with van der Waals surface area (Å²) < 4.78 is 3.58. The van der Waals surface area contributed by atoms with Gasteiger partial charge in [-0.2, -0.15) is 0 Å². The van der Waals surface area contributed by atoms with Crippen LogP contribution in [0.2, 0.25) is 5.02 Å². The molecule has 4 N–H and O–H groups in total. The molecule has 4 heterocycles. The second kappa shape index (κ2) is 18.0. The summed E-state index contributed by atoms with van der Waals surface area (Å²) in [5.41, 5.74) is 5.54. The molecule has 2 fully saturated rings. The number of rotatable bonds is 10. The lowest BCUT2D eigenvalue weighted by molar-refractivity contribution is 0.0853. The van der Waals surface area contributed by atoms with Gasteiger partial charge in [-0.25, -0.2) is 19.2 Å². The number of nitrogens with zero attached hydrogens (tertiary/aromatic N) is 5. The Balaban J connectivity index is 0.000000218. The van der Waals surface area contributed by atoms with Gasteiger partial charge in [0.1, 0.15) is 0 Å². The molecule has 4 aromatic carbocycles. The van der Waals surface area contributed by atoms with Crippen LogP contribution in [0.15, 0.2) is 113 Å². The molecule has 13 nitrogen and oxygen atoms in total. The highest BCUT2D eigenvalue weighted by Gasteiger charge is 2.33. The third-order valence-electron chi connectivity index (χ3n) is 11.2. The van der Waals surface area contributed by atoms with E-state index in [2.05, 4.69) is 33.1 Å². The van der Waals surface area contributed by atoms with Gasteiger partial charge in [-0.15, -0.1) is 0 Å². The van der Waals surface area contributed by atoms with Crippen molar-refractivity contribution in [3.05, 3.63) is 140 Å². The van der Waals surface area contributed by atoms with Gasteiger partial charge in [-0.3, -0.25) is 14.0 Å². The molecule has 2 aliphatic heterocycles. The van der Waals surface area contributed by atoms with Crippen LogP contribution in [0.1, 0.15) is 61.7 Å². The Labute approximate surface area is 334 Å². The predicted octanol–water partition coefficient (Wildman–Crippen LogP) is 7.79. The summed E-state index contributed by atoms with van der Waals surface area (Å²) in [7, 11) is 0. The van der Waals surface area contributed by atoms with E-state index in [1.54, 1.807) is 9.47 Å². The molecular weight excluding hydrogens is 746 g/mol. The number of benzene rings is 4. The Morgan fingerprint density at radius 3 is 1.86 bits per heavy atom. The molecule has 1 unspecified atom stereocenters. The number of amides is 2. The van der Waals surface area contributed by atoms with Gasteiger partial charge in [0.25, 0.3) is 0 Å². The predicted molar refractivity (Wildman–Crippen MR) is 221 cm³/mol. The van der Waals surface area contributed by atoms with Gasteiger partial charge in [0, 0.05) is 55.9 Å². The molecule has 0 saturated carbocycles. The Morgan fingerprint density at radius 1 is 0.684 bits per heavy atom. The van der Waals surface area contributed by atoms with E-state index in [0.717, 1.165) is 65.1 Å². The van der Waals surface area contributed by atoms with E-state index in [1.807, 2.05) is 89.5 Å². The van der Waals surface area contributed by atoms with E-state index >= 15 is 0 Å². The monoisotopic (exact) mass is 793 g/mol. The number of piperidine rings is 2. The summed E-state index contributed by atoms with van der Waals surface area (Å²) >= 11 is 6.24. The summed E-state index contributed by atoms with van der Waals surface area (Å²) in [4.78, 5) is 58.9. The average Bonchev–Trinajstić information content (AvgIpc) is 3.73. The van der Waals surface area contributed by atoms with Gasteiger partial charge in [0.15, 0.2) is 0 Å². The Bertz CT molecular complexity index is 2420. The number of carbonyl (C=O) groups is 2. The van der Waals surface area contributed by atoms with E-state index < -0.39 is 12.2 Å². The molecule has 2 saturated heterocycles. The number of para-hydroxylation sites is 4. The number of H-pyrrole nitrogens is 2. The summed E-state index contributed by atoms with van der Waals surface area (Å²) in [5.74, 6) is 0. The molecule has 0 radical (unpaired) electrons. The number of aromatic amines is 2. The molecule has 14 heteroatoms. The minimum absolute atomic E-state index is 0.0360. The summed E-state index contributed by atoms with van der Waals surface area (Å²) in [6, 6.07) is 33.4. The van der Waals surface area contributed by atoms with Gasteiger partial charge in [0.2, 0.25) is 0 Å². The van der Waals surface area contributed by atoms with Crippen LogP contribution in [0.25, 0.3) is 22.1 Å². The van der Waals surface area contributed by atoms with E-state index in [0.29, 0.717) is 45.3 Å². The zero-order chi connectivity index (χ0) is 39.9. The number of likely N-dealkylation sites (tertiary alicyclic amines) is 2. The van der Waals surface area contributed by atoms with E-state index in [1.165, 1.54) is 10.5 Å². The minimum atomic E-state index is -0.889. The van der Waals surface area contributed by atoms with Crippen molar-refractivity contribution < 1.29 is 19.8 Å². The molecule has 2 atom stereocenters. The lowest BCUT2D eigenvalue weighted by Crippen LogP contribution is -2.47. The molecule has 0 aliphatic carbocycles. The number of hydrogen-bond acceptors (Lipinski definition) is 5. The van der Waals surface area contributed by atoms with Crippen LogP contribution >= 0.6 is 11.6 Å². The molecule has 298 valence electrons. The number of imidazole rings is 2. The first-order valence-corrected chi connectivity index (χ1v) is 19.9. The average molecular weight is 794 g/mol. The SMILES string of the molecule is O=C(O)N1CCC(n2c(=O)[nH]c3ccccc32)CC1.O=C(O)N1CCC(n2c(=O)[nH]c3ccccc32)C[C@@H]1CCCN(Cc1ccccc1)Cc1cccc(Cl)c1. The molecule has 57 heavy (non-hydrogen) atoms. The maximum Gasteiger partial charge on any atom is 0.407 e. The molecule has 6 aromatic rings. The van der Waals surface area contributed by atoms with Crippen LogP contribution in [0.4, 0.5) is 9.59 Å². The first-order valence-electron chi connectivity index (χ1n) is 19.5. The molecule has 2 aliphatic rings. The van der Waals surface area contributed by atoms with Crippen LogP contribution in [0.3, 0.4) is 0 Å². The molecule has 2 amide bonds. The Morgan fingerprint density at radius 2 is 1.25 bits per heavy atom. The fraction of sp³-hybridized carbons (Fsp3) is 0.349. The Hall–Kier alpha value is -5.79. The number of carboxylic acid groups (broad SMARTS) is 2. The molecule has 8 rings (SSSR count). The van der Waals surface area contributed by atoms with Crippen molar-refractivity contribution in [3.63, 3.8) is 0 Å². The fourth-order valence-corrected chi connectivity index (χ4v) is 8.69. The lowest BCUT2D eigenvalue weighted by atomic mass is 9.93. The van der Waals surface area contributed by atoms with Crippen LogP contribution < -0.4 is 11.4 Å². The normalized spacial score (nSPS) is 17.5. The van der Waals surface area contributed by atoms with Crippen molar-refractivity contribution in [1.29, 1.82) is 0 Å². The van der Waals surface area contributed by atoms with E-state index in [-0.39, 0.29) is 29.5 Å². The molecule has 2 aromatic heterocycles. The number of fused-ring (bicyclic) bond motifs is 2. The van der Waals surface area contributed by atoms with Crippen molar-refractivity contribution in [2.75, 3.05) is 26.2 Å². The summed E-state index contributed by atoms with van der Waals surface area (Å²) in [6.45, 7) is 3.76. The number of hydrogen-bond donors (Lipinski definition) is 4. The maximum absolute atomic E-state index is 12.8. The number of nitrogens with one attached hydrogen (secondary N) is 2. The van der Waals surface area contributed by atoms with Crippen LogP contribution in [-0.4, -0.2) is 88.4 Å². The van der Waals surface area contributed by atoms with Crippen molar-refractivity contribution in [2.24, 2.45) is 0 Å². The third-order valence-corrected chi connectivity index (χ3v) is 11.4. The quantitative estimate of drug-likeness (QED) is 0.110. The number of halogens is 1. The molecule has 0 spiro atoms. The van der Waals surface area contributed by atoms with Crippen molar-refractivity contribution >= 4 is 45.9 Å².